The van der Waals surface area contributed by atoms with Gasteiger partial charge in [0.2, 0.25) is 0 Å². The fourth-order valence-electron chi connectivity index (χ4n) is 2.58. The largest absolute Gasteiger partial charge is 0.370 e. The van der Waals surface area contributed by atoms with Crippen molar-refractivity contribution in [2.24, 2.45) is 0 Å². The molecule has 116 valence electrons. The Labute approximate surface area is 134 Å². The molecule has 1 amide bonds. The molecule has 1 saturated heterocycles. The van der Waals surface area contributed by atoms with Gasteiger partial charge in [-0.2, -0.15) is 16.9 Å². The average molecular weight is 316 g/mol. The molecule has 0 spiro atoms. The second-order valence-electron chi connectivity index (χ2n) is 5.46. The lowest BCUT2D eigenvalue weighted by atomic mass is 10.1. The van der Waals surface area contributed by atoms with E-state index >= 15 is 0 Å². The molecule has 2 N–H and O–H groups in total. The van der Waals surface area contributed by atoms with E-state index in [2.05, 4.69) is 32.5 Å². The van der Waals surface area contributed by atoms with Gasteiger partial charge in [-0.15, -0.1) is 0 Å². The summed E-state index contributed by atoms with van der Waals surface area (Å²) in [7, 11) is 0. The summed E-state index contributed by atoms with van der Waals surface area (Å²) < 4.78 is 0. The van der Waals surface area contributed by atoms with Gasteiger partial charge in [-0.3, -0.25) is 9.89 Å². The van der Waals surface area contributed by atoms with Crippen molar-refractivity contribution in [1.82, 2.24) is 10.2 Å². The number of thioether (sulfide) groups is 1. The maximum Gasteiger partial charge on any atom is 0.259 e. The molecule has 0 aliphatic carbocycles. The number of anilines is 2. The number of rotatable bonds is 3. The number of amides is 1. The lowest BCUT2D eigenvalue weighted by Gasteiger charge is -2.29. The Hall–Kier alpha value is -1.95. The molecule has 22 heavy (non-hydrogen) atoms. The van der Waals surface area contributed by atoms with Crippen LogP contribution in [0.3, 0.4) is 0 Å². The van der Waals surface area contributed by atoms with Gasteiger partial charge < -0.3 is 10.2 Å². The van der Waals surface area contributed by atoms with Crippen LogP contribution in [-0.4, -0.2) is 40.7 Å². The van der Waals surface area contributed by atoms with E-state index in [1.807, 2.05) is 31.7 Å². The van der Waals surface area contributed by atoms with Crippen LogP contribution in [0.15, 0.2) is 24.4 Å². The van der Waals surface area contributed by atoms with E-state index in [-0.39, 0.29) is 5.91 Å². The Balaban J connectivity index is 1.75. The molecule has 0 atom stereocenters. The molecule has 0 saturated carbocycles. The molecule has 0 bridgehead atoms. The number of nitrogens with one attached hydrogen (secondary N) is 2. The minimum Gasteiger partial charge on any atom is -0.370 e. The van der Waals surface area contributed by atoms with Gasteiger partial charge in [-0.1, -0.05) is 0 Å². The summed E-state index contributed by atoms with van der Waals surface area (Å²) in [5, 5.41) is 9.63. The number of benzene rings is 1. The number of hydrogen-bond donors (Lipinski definition) is 2. The zero-order valence-corrected chi connectivity index (χ0v) is 13.7. The lowest BCUT2D eigenvalue weighted by molar-refractivity contribution is 0.102. The van der Waals surface area contributed by atoms with Crippen molar-refractivity contribution in [2.45, 2.75) is 13.8 Å². The van der Waals surface area contributed by atoms with Gasteiger partial charge in [0.25, 0.3) is 5.91 Å². The summed E-state index contributed by atoms with van der Waals surface area (Å²) in [6.07, 6.45) is 1.56. The zero-order chi connectivity index (χ0) is 15.5. The maximum atomic E-state index is 12.3. The lowest BCUT2D eigenvalue weighted by Crippen LogP contribution is -2.32. The molecule has 6 heteroatoms. The number of carbonyl (C=O) groups excluding carboxylic acids is 1. The summed E-state index contributed by atoms with van der Waals surface area (Å²) in [6, 6.07) is 6.22. The molecule has 1 aromatic carbocycles. The number of carbonyl (C=O) groups is 1. The van der Waals surface area contributed by atoms with Crippen molar-refractivity contribution in [3.63, 3.8) is 0 Å². The molecule has 1 fully saturated rings. The van der Waals surface area contributed by atoms with Crippen molar-refractivity contribution >= 4 is 29.0 Å². The van der Waals surface area contributed by atoms with E-state index in [4.69, 9.17) is 0 Å². The zero-order valence-electron chi connectivity index (χ0n) is 12.8. The van der Waals surface area contributed by atoms with Crippen molar-refractivity contribution in [2.75, 3.05) is 34.8 Å². The molecule has 1 aromatic heterocycles. The van der Waals surface area contributed by atoms with Gasteiger partial charge in [0.15, 0.2) is 0 Å². The maximum absolute atomic E-state index is 12.3. The van der Waals surface area contributed by atoms with Gasteiger partial charge in [-0.25, -0.2) is 0 Å². The highest BCUT2D eigenvalue weighted by Gasteiger charge is 2.14. The van der Waals surface area contributed by atoms with E-state index in [1.54, 1.807) is 6.20 Å². The first-order valence-corrected chi connectivity index (χ1v) is 8.55. The van der Waals surface area contributed by atoms with Gasteiger partial charge in [0.05, 0.1) is 11.8 Å². The van der Waals surface area contributed by atoms with Crippen LogP contribution in [-0.2, 0) is 0 Å². The number of aryl methyl sites for hydroxylation is 2. The number of nitrogens with zero attached hydrogens (tertiary/aromatic N) is 2. The Morgan fingerprint density at radius 2 is 2.09 bits per heavy atom. The third-order valence-corrected chi connectivity index (χ3v) is 4.85. The van der Waals surface area contributed by atoms with Gasteiger partial charge in [0, 0.05) is 41.7 Å². The van der Waals surface area contributed by atoms with E-state index < -0.39 is 0 Å². The van der Waals surface area contributed by atoms with Crippen molar-refractivity contribution in [1.29, 1.82) is 0 Å². The quantitative estimate of drug-likeness (QED) is 0.914. The van der Waals surface area contributed by atoms with Crippen LogP contribution in [0, 0.1) is 13.8 Å². The third-order valence-electron chi connectivity index (χ3n) is 3.91. The number of aromatic amines is 1. The molecular formula is C16H20N4OS. The number of H-pyrrole nitrogens is 1. The summed E-state index contributed by atoms with van der Waals surface area (Å²) in [5.41, 5.74) is 4.51. The molecule has 1 aliphatic rings. The third kappa shape index (κ3) is 3.11. The second-order valence-corrected chi connectivity index (χ2v) is 6.69. The van der Waals surface area contributed by atoms with E-state index in [0.29, 0.717) is 5.56 Å². The van der Waals surface area contributed by atoms with Crippen LogP contribution < -0.4 is 10.2 Å². The van der Waals surface area contributed by atoms with Crippen LogP contribution in [0.1, 0.15) is 21.6 Å². The first-order chi connectivity index (χ1) is 10.6. The highest BCUT2D eigenvalue weighted by molar-refractivity contribution is 7.99. The minimum atomic E-state index is -0.128. The Morgan fingerprint density at radius 1 is 1.32 bits per heavy atom. The molecule has 0 radical (unpaired) electrons. The Morgan fingerprint density at radius 3 is 2.73 bits per heavy atom. The minimum absolute atomic E-state index is 0.128. The predicted octanol–water partition coefficient (Wildman–Crippen LogP) is 2.83. The highest BCUT2D eigenvalue weighted by atomic mass is 32.2. The molecule has 5 nitrogen and oxygen atoms in total. The van der Waals surface area contributed by atoms with Gasteiger partial charge >= 0.3 is 0 Å². The molecular weight excluding hydrogens is 296 g/mol. The fraction of sp³-hybridized carbons (Fsp3) is 0.375. The first-order valence-electron chi connectivity index (χ1n) is 7.40. The first kappa shape index (κ1) is 15.0. The topological polar surface area (TPSA) is 61.0 Å². The molecule has 3 rings (SSSR count). The van der Waals surface area contributed by atoms with Crippen LogP contribution >= 0.6 is 11.8 Å². The predicted molar refractivity (Wildman–Crippen MR) is 92.0 cm³/mol. The van der Waals surface area contributed by atoms with E-state index in [9.17, 15) is 4.79 Å². The van der Waals surface area contributed by atoms with Crippen LogP contribution in [0.25, 0.3) is 0 Å². The van der Waals surface area contributed by atoms with Crippen LogP contribution in [0.2, 0.25) is 0 Å². The van der Waals surface area contributed by atoms with Crippen molar-refractivity contribution in [3.8, 4) is 0 Å². The summed E-state index contributed by atoms with van der Waals surface area (Å²) >= 11 is 2.00. The van der Waals surface area contributed by atoms with Crippen LogP contribution in [0.5, 0.6) is 0 Å². The Bertz CT molecular complexity index is 677. The molecule has 2 heterocycles. The van der Waals surface area contributed by atoms with Gasteiger partial charge in [-0.05, 0) is 37.6 Å². The molecule has 0 unspecified atom stereocenters. The molecule has 2 aromatic rings. The van der Waals surface area contributed by atoms with Crippen molar-refractivity contribution in [3.05, 3.63) is 41.2 Å². The standard InChI is InChI=1S/C16H20N4OS/c1-11-9-13(20-5-7-22-8-6-20)3-4-15(11)18-16(21)14-10-17-19-12(14)2/h3-4,9-10H,5-8H2,1-2H3,(H,17,19)(H,18,21). The average Bonchev–Trinajstić information content (AvgIpc) is 2.96. The highest BCUT2D eigenvalue weighted by Crippen LogP contribution is 2.25. The normalized spacial score (nSPS) is 14.9. The number of aromatic nitrogens is 2. The number of hydrogen-bond acceptors (Lipinski definition) is 4. The van der Waals surface area contributed by atoms with E-state index in [1.165, 1.54) is 17.2 Å². The van der Waals surface area contributed by atoms with Crippen molar-refractivity contribution < 1.29 is 4.79 Å². The van der Waals surface area contributed by atoms with Crippen LogP contribution in [0.4, 0.5) is 11.4 Å². The Kier molecular flexibility index (Phi) is 4.38. The SMILES string of the molecule is Cc1cc(N2CCSCC2)ccc1NC(=O)c1cn[nH]c1C. The second kappa shape index (κ2) is 6.44. The summed E-state index contributed by atoms with van der Waals surface area (Å²) in [5.74, 6) is 2.23. The smallest absolute Gasteiger partial charge is 0.259 e. The summed E-state index contributed by atoms with van der Waals surface area (Å²) in [4.78, 5) is 14.6. The van der Waals surface area contributed by atoms with E-state index in [0.717, 1.165) is 30.0 Å². The fourth-order valence-corrected chi connectivity index (χ4v) is 3.48. The molecule has 1 aliphatic heterocycles. The monoisotopic (exact) mass is 316 g/mol. The van der Waals surface area contributed by atoms with Gasteiger partial charge in [0.1, 0.15) is 0 Å². The summed E-state index contributed by atoms with van der Waals surface area (Å²) in [6.45, 7) is 6.04.